The molecule has 0 atom stereocenters. The lowest BCUT2D eigenvalue weighted by Gasteiger charge is -2.12. The number of aromatic nitrogens is 4. The molecule has 4 rings (SSSR count). The third-order valence-electron chi connectivity index (χ3n) is 4.98. The summed E-state index contributed by atoms with van der Waals surface area (Å²) < 4.78 is 3.87. The summed E-state index contributed by atoms with van der Waals surface area (Å²) in [6, 6.07) is 20.0. The Hall–Kier alpha value is -3.12. The average Bonchev–Trinajstić information content (AvgIpc) is 3.35. The van der Waals surface area contributed by atoms with Gasteiger partial charge in [0.15, 0.2) is 16.8 Å². The van der Waals surface area contributed by atoms with Gasteiger partial charge < -0.3 is 4.57 Å². The molecule has 0 N–H and O–H groups in total. The fourth-order valence-electron chi connectivity index (χ4n) is 3.19. The van der Waals surface area contributed by atoms with Crippen LogP contribution in [0.4, 0.5) is 0 Å². The molecule has 0 bridgehead atoms. The molecule has 4 aromatic rings. The van der Waals surface area contributed by atoms with E-state index in [1.54, 1.807) is 0 Å². The van der Waals surface area contributed by atoms with Gasteiger partial charge in [0.1, 0.15) is 0 Å². The summed E-state index contributed by atoms with van der Waals surface area (Å²) in [7, 11) is 1.88. The lowest BCUT2D eigenvalue weighted by molar-refractivity contribution is 0.101. The molecule has 0 spiro atoms. The van der Waals surface area contributed by atoms with Gasteiger partial charge in [0.05, 0.1) is 17.1 Å². The molecule has 29 heavy (non-hydrogen) atoms. The first-order valence-electron chi connectivity index (χ1n) is 9.40. The number of rotatable bonds is 6. The van der Waals surface area contributed by atoms with Crippen LogP contribution < -0.4 is 0 Å². The monoisotopic (exact) mass is 402 g/mol. The van der Waals surface area contributed by atoms with Gasteiger partial charge in [0.25, 0.3) is 0 Å². The Morgan fingerprint density at radius 2 is 1.76 bits per heavy atom. The molecule has 6 heteroatoms. The fraction of sp³-hybridized carbons (Fsp3) is 0.174. The van der Waals surface area contributed by atoms with Gasteiger partial charge in [-0.05, 0) is 49.2 Å². The van der Waals surface area contributed by atoms with Crippen LogP contribution in [0.25, 0.3) is 17.1 Å². The van der Waals surface area contributed by atoms with Crippen LogP contribution in [-0.4, -0.2) is 30.9 Å². The third kappa shape index (κ3) is 3.89. The van der Waals surface area contributed by atoms with E-state index in [9.17, 15) is 4.79 Å². The van der Waals surface area contributed by atoms with Gasteiger partial charge in [-0.25, -0.2) is 0 Å². The quantitative estimate of drug-likeness (QED) is 0.341. The molecule has 0 aliphatic rings. The summed E-state index contributed by atoms with van der Waals surface area (Å²) in [5.74, 6) is 1.14. The molecule has 0 fully saturated rings. The fourth-order valence-corrected chi connectivity index (χ4v) is 4.02. The maximum Gasteiger partial charge on any atom is 0.196 e. The Bertz CT molecular complexity index is 1160. The highest BCUT2D eigenvalue weighted by Crippen LogP contribution is 2.29. The smallest absolute Gasteiger partial charge is 0.196 e. The predicted molar refractivity (Wildman–Crippen MR) is 117 cm³/mol. The van der Waals surface area contributed by atoms with Crippen molar-refractivity contribution in [3.63, 3.8) is 0 Å². The van der Waals surface area contributed by atoms with E-state index in [1.165, 1.54) is 22.9 Å². The predicted octanol–water partition coefficient (Wildman–Crippen LogP) is 4.86. The maximum absolute atomic E-state index is 12.6. The normalized spacial score (nSPS) is 11.0. The van der Waals surface area contributed by atoms with E-state index in [0.29, 0.717) is 16.6 Å². The number of nitrogens with zero attached hydrogens (tertiary/aromatic N) is 4. The highest BCUT2D eigenvalue weighted by molar-refractivity contribution is 7.99. The van der Waals surface area contributed by atoms with Crippen LogP contribution in [0.15, 0.2) is 72.0 Å². The van der Waals surface area contributed by atoms with Gasteiger partial charge in [-0.3, -0.25) is 9.36 Å². The van der Waals surface area contributed by atoms with E-state index in [2.05, 4.69) is 42.2 Å². The number of carbonyl (C=O) groups is 1. The highest BCUT2D eigenvalue weighted by Gasteiger charge is 2.18. The Morgan fingerprint density at radius 3 is 2.45 bits per heavy atom. The number of hydrogen-bond acceptors (Lipinski definition) is 4. The van der Waals surface area contributed by atoms with Crippen LogP contribution in [0.2, 0.25) is 0 Å². The molecule has 0 saturated carbocycles. The topological polar surface area (TPSA) is 52.7 Å². The minimum Gasteiger partial charge on any atom is -0.348 e. The summed E-state index contributed by atoms with van der Waals surface area (Å²) in [5, 5.41) is 9.57. The van der Waals surface area contributed by atoms with Crippen LogP contribution in [0, 0.1) is 13.8 Å². The summed E-state index contributed by atoms with van der Waals surface area (Å²) in [4.78, 5) is 12.6. The third-order valence-corrected chi connectivity index (χ3v) is 5.90. The zero-order valence-corrected chi connectivity index (χ0v) is 17.5. The van der Waals surface area contributed by atoms with Crippen molar-refractivity contribution in [2.45, 2.75) is 19.0 Å². The second-order valence-electron chi connectivity index (χ2n) is 6.99. The van der Waals surface area contributed by atoms with E-state index in [4.69, 9.17) is 0 Å². The van der Waals surface area contributed by atoms with Crippen LogP contribution in [0.1, 0.15) is 21.6 Å². The lowest BCUT2D eigenvalue weighted by atomic mass is 10.1. The molecule has 5 nitrogen and oxygen atoms in total. The van der Waals surface area contributed by atoms with Crippen molar-refractivity contribution < 1.29 is 4.79 Å². The minimum atomic E-state index is 0.0680. The molecule has 2 aromatic heterocycles. The summed E-state index contributed by atoms with van der Waals surface area (Å²) >= 11 is 1.41. The van der Waals surface area contributed by atoms with Crippen molar-refractivity contribution in [3.8, 4) is 17.1 Å². The minimum absolute atomic E-state index is 0.0680. The van der Waals surface area contributed by atoms with E-state index < -0.39 is 0 Å². The Labute approximate surface area is 174 Å². The number of benzene rings is 2. The molecule has 2 aromatic carbocycles. The van der Waals surface area contributed by atoms with Crippen LogP contribution in [0.3, 0.4) is 0 Å². The summed E-state index contributed by atoms with van der Waals surface area (Å²) in [6.45, 7) is 4.19. The average molecular weight is 403 g/mol. The van der Waals surface area contributed by atoms with Gasteiger partial charge in [0, 0.05) is 18.8 Å². The SMILES string of the molecule is Cc1ccc(-n2c(SCC(=O)c3cccn3C)nnc2-c2ccccc2)cc1C. The first-order chi connectivity index (χ1) is 14.0. The van der Waals surface area contributed by atoms with E-state index in [-0.39, 0.29) is 5.78 Å². The van der Waals surface area contributed by atoms with Gasteiger partial charge >= 0.3 is 0 Å². The molecule has 2 heterocycles. The first-order valence-corrected chi connectivity index (χ1v) is 10.4. The van der Waals surface area contributed by atoms with Crippen molar-refractivity contribution in [1.29, 1.82) is 0 Å². The molecule has 0 unspecified atom stereocenters. The second-order valence-corrected chi connectivity index (χ2v) is 7.93. The zero-order valence-electron chi connectivity index (χ0n) is 16.7. The Balaban J connectivity index is 1.72. The molecular formula is C23H22N4OS. The summed E-state index contributed by atoms with van der Waals surface area (Å²) in [5.41, 5.74) is 5.10. The van der Waals surface area contributed by atoms with Gasteiger partial charge in [-0.15, -0.1) is 10.2 Å². The Morgan fingerprint density at radius 1 is 0.966 bits per heavy atom. The number of ketones is 1. The standard InChI is InChI=1S/C23H22N4OS/c1-16-11-12-19(14-17(16)2)27-22(18-8-5-4-6-9-18)24-25-23(27)29-15-21(28)20-10-7-13-26(20)3/h4-14H,15H2,1-3H3. The molecule has 0 amide bonds. The van der Waals surface area contributed by atoms with Crippen molar-refractivity contribution in [3.05, 3.63) is 83.7 Å². The first kappa shape index (κ1) is 19.2. The van der Waals surface area contributed by atoms with Crippen molar-refractivity contribution >= 4 is 17.5 Å². The number of hydrogen-bond donors (Lipinski definition) is 0. The van der Waals surface area contributed by atoms with Gasteiger partial charge in [-0.2, -0.15) is 0 Å². The zero-order chi connectivity index (χ0) is 20.4. The van der Waals surface area contributed by atoms with Crippen molar-refractivity contribution in [2.75, 3.05) is 5.75 Å². The number of Topliss-reactive ketones (excluding diaryl/α,β-unsaturated/α-hetero) is 1. The van der Waals surface area contributed by atoms with E-state index in [1.807, 2.05) is 64.8 Å². The molecule has 146 valence electrons. The van der Waals surface area contributed by atoms with Crippen LogP contribution >= 0.6 is 11.8 Å². The van der Waals surface area contributed by atoms with Gasteiger partial charge in [0.2, 0.25) is 0 Å². The van der Waals surface area contributed by atoms with Crippen LogP contribution in [0.5, 0.6) is 0 Å². The number of carbonyl (C=O) groups excluding carboxylic acids is 1. The molecule has 0 saturated heterocycles. The van der Waals surface area contributed by atoms with Crippen molar-refractivity contribution in [1.82, 2.24) is 19.3 Å². The lowest BCUT2D eigenvalue weighted by Crippen LogP contribution is -2.09. The van der Waals surface area contributed by atoms with E-state index in [0.717, 1.165) is 17.1 Å². The van der Waals surface area contributed by atoms with Gasteiger partial charge in [-0.1, -0.05) is 48.2 Å². The molecular weight excluding hydrogens is 380 g/mol. The number of aryl methyl sites for hydroxylation is 3. The Kier molecular flexibility index (Phi) is 5.36. The number of thioether (sulfide) groups is 1. The second kappa shape index (κ2) is 8.09. The van der Waals surface area contributed by atoms with Crippen LogP contribution in [-0.2, 0) is 7.05 Å². The maximum atomic E-state index is 12.6. The molecule has 0 radical (unpaired) electrons. The molecule has 0 aliphatic carbocycles. The van der Waals surface area contributed by atoms with E-state index >= 15 is 0 Å². The molecule has 0 aliphatic heterocycles. The highest BCUT2D eigenvalue weighted by atomic mass is 32.2. The summed E-state index contributed by atoms with van der Waals surface area (Å²) in [6.07, 6.45) is 1.88. The van der Waals surface area contributed by atoms with Crippen molar-refractivity contribution in [2.24, 2.45) is 7.05 Å². The largest absolute Gasteiger partial charge is 0.348 e.